The largest absolute Gasteiger partial charge is 0.480 e. The summed E-state index contributed by atoms with van der Waals surface area (Å²) in [6.07, 6.45) is 0.280. The Balaban J connectivity index is 2.18. The van der Waals surface area contributed by atoms with Crippen LogP contribution in [-0.4, -0.2) is 41.6 Å². The van der Waals surface area contributed by atoms with Gasteiger partial charge in [-0.1, -0.05) is 30.3 Å². The van der Waals surface area contributed by atoms with Gasteiger partial charge in [-0.05, 0) is 18.9 Å². The van der Waals surface area contributed by atoms with E-state index >= 15 is 0 Å². The van der Waals surface area contributed by atoms with E-state index in [0.717, 1.165) is 5.56 Å². The molecule has 1 N–H and O–H groups in total. The summed E-state index contributed by atoms with van der Waals surface area (Å²) >= 11 is 0. The number of carbonyl (C=O) groups excluding carboxylic acids is 1. The highest BCUT2D eigenvalue weighted by Crippen LogP contribution is 2.36. The first-order chi connectivity index (χ1) is 9.46. The molecule has 0 saturated carbocycles. The van der Waals surface area contributed by atoms with Gasteiger partial charge in [0, 0.05) is 13.1 Å². The number of nitrogens with zero attached hydrogens (tertiary/aromatic N) is 1. The van der Waals surface area contributed by atoms with Crippen molar-refractivity contribution in [2.75, 3.05) is 13.7 Å². The Kier molecular flexibility index (Phi) is 4.09. The zero-order valence-electron chi connectivity index (χ0n) is 11.7. The van der Waals surface area contributed by atoms with Gasteiger partial charge in [0.2, 0.25) is 0 Å². The molecule has 0 aliphatic carbocycles. The average Bonchev–Trinajstić information content (AvgIpc) is 2.77. The molecular formula is C15H19NO4. The summed E-state index contributed by atoms with van der Waals surface area (Å²) in [5.74, 6) is -1.24. The molecule has 2 rings (SSSR count). The quantitative estimate of drug-likeness (QED) is 0.845. The van der Waals surface area contributed by atoms with E-state index in [1.54, 1.807) is 6.92 Å². The predicted molar refractivity (Wildman–Crippen MR) is 73.0 cm³/mol. The maximum Gasteiger partial charge on any atom is 0.320 e. The fourth-order valence-corrected chi connectivity index (χ4v) is 2.80. The molecule has 0 spiro atoms. The van der Waals surface area contributed by atoms with Crippen LogP contribution in [0.5, 0.6) is 0 Å². The van der Waals surface area contributed by atoms with E-state index in [2.05, 4.69) is 0 Å². The number of carbonyl (C=O) groups is 2. The number of hydrogen-bond acceptors (Lipinski definition) is 4. The highest BCUT2D eigenvalue weighted by atomic mass is 16.5. The number of aliphatic carboxylic acids is 1. The van der Waals surface area contributed by atoms with Gasteiger partial charge in [0.15, 0.2) is 0 Å². The van der Waals surface area contributed by atoms with Crippen LogP contribution in [0.15, 0.2) is 30.3 Å². The molecular weight excluding hydrogens is 258 g/mol. The normalized spacial score (nSPS) is 26.4. The van der Waals surface area contributed by atoms with Crippen molar-refractivity contribution in [2.45, 2.75) is 25.9 Å². The fourth-order valence-electron chi connectivity index (χ4n) is 2.80. The number of esters is 1. The Morgan fingerprint density at radius 3 is 2.60 bits per heavy atom. The molecule has 0 radical (unpaired) electrons. The molecule has 0 aromatic heterocycles. The number of methoxy groups -OCH3 is 1. The molecule has 1 aliphatic rings. The fraction of sp³-hybridized carbons (Fsp3) is 0.467. The molecule has 1 aromatic carbocycles. The average molecular weight is 277 g/mol. The highest BCUT2D eigenvalue weighted by Gasteiger charge is 2.49. The van der Waals surface area contributed by atoms with Crippen LogP contribution in [0.2, 0.25) is 0 Å². The SMILES string of the molecule is COC(=O)C1(C)CC(C(=O)O)N(Cc2ccccc2)C1. The molecule has 0 amide bonds. The van der Waals surface area contributed by atoms with Crippen molar-refractivity contribution in [2.24, 2.45) is 5.41 Å². The molecule has 2 atom stereocenters. The third-order valence-corrected chi connectivity index (χ3v) is 3.83. The van der Waals surface area contributed by atoms with Gasteiger partial charge in [-0.3, -0.25) is 14.5 Å². The number of hydrogen-bond donors (Lipinski definition) is 1. The van der Waals surface area contributed by atoms with Crippen molar-refractivity contribution in [3.05, 3.63) is 35.9 Å². The zero-order chi connectivity index (χ0) is 14.8. The summed E-state index contributed by atoms with van der Waals surface area (Å²) in [6, 6.07) is 9.00. The molecule has 1 aliphatic heterocycles. The smallest absolute Gasteiger partial charge is 0.320 e. The Morgan fingerprint density at radius 2 is 2.05 bits per heavy atom. The van der Waals surface area contributed by atoms with Crippen molar-refractivity contribution >= 4 is 11.9 Å². The minimum Gasteiger partial charge on any atom is -0.480 e. The zero-order valence-corrected chi connectivity index (χ0v) is 11.7. The first-order valence-corrected chi connectivity index (χ1v) is 6.55. The lowest BCUT2D eigenvalue weighted by Crippen LogP contribution is -2.36. The van der Waals surface area contributed by atoms with Gasteiger partial charge >= 0.3 is 11.9 Å². The van der Waals surface area contributed by atoms with Gasteiger partial charge in [0.25, 0.3) is 0 Å². The second-order valence-electron chi connectivity index (χ2n) is 5.50. The van der Waals surface area contributed by atoms with Gasteiger partial charge in [0.1, 0.15) is 6.04 Å². The molecule has 1 heterocycles. The van der Waals surface area contributed by atoms with Crippen LogP contribution in [0.25, 0.3) is 0 Å². The Morgan fingerprint density at radius 1 is 1.40 bits per heavy atom. The number of carboxylic acid groups (broad SMARTS) is 1. The second kappa shape index (κ2) is 5.63. The lowest BCUT2D eigenvalue weighted by molar-refractivity contribution is -0.151. The van der Waals surface area contributed by atoms with E-state index < -0.39 is 17.4 Å². The molecule has 5 nitrogen and oxygen atoms in total. The Labute approximate surface area is 118 Å². The molecule has 1 saturated heterocycles. The molecule has 108 valence electrons. The van der Waals surface area contributed by atoms with E-state index in [-0.39, 0.29) is 12.4 Å². The minimum absolute atomic E-state index is 0.280. The molecule has 5 heteroatoms. The van der Waals surface area contributed by atoms with Crippen LogP contribution < -0.4 is 0 Å². The summed E-state index contributed by atoms with van der Waals surface area (Å²) in [5.41, 5.74) is 0.278. The Hall–Kier alpha value is -1.88. The lowest BCUT2D eigenvalue weighted by atomic mass is 9.88. The highest BCUT2D eigenvalue weighted by molar-refractivity contribution is 5.81. The number of benzene rings is 1. The lowest BCUT2D eigenvalue weighted by Gasteiger charge is -2.22. The van der Waals surface area contributed by atoms with E-state index in [0.29, 0.717) is 13.1 Å². The van der Waals surface area contributed by atoms with Gasteiger partial charge in [-0.2, -0.15) is 0 Å². The molecule has 2 unspecified atom stereocenters. The van der Waals surface area contributed by atoms with Crippen LogP contribution >= 0.6 is 0 Å². The number of carboxylic acids is 1. The summed E-state index contributed by atoms with van der Waals surface area (Å²) in [6.45, 7) is 2.68. The van der Waals surface area contributed by atoms with Crippen LogP contribution in [0.1, 0.15) is 18.9 Å². The third-order valence-electron chi connectivity index (χ3n) is 3.83. The Bertz CT molecular complexity index is 502. The van der Waals surface area contributed by atoms with Gasteiger partial charge in [-0.15, -0.1) is 0 Å². The van der Waals surface area contributed by atoms with Crippen LogP contribution in [0.3, 0.4) is 0 Å². The molecule has 20 heavy (non-hydrogen) atoms. The van der Waals surface area contributed by atoms with Crippen LogP contribution in [0, 0.1) is 5.41 Å². The first-order valence-electron chi connectivity index (χ1n) is 6.55. The van der Waals surface area contributed by atoms with E-state index in [9.17, 15) is 14.7 Å². The van der Waals surface area contributed by atoms with E-state index in [4.69, 9.17) is 4.74 Å². The van der Waals surface area contributed by atoms with E-state index in [1.807, 2.05) is 35.2 Å². The molecule has 0 bridgehead atoms. The van der Waals surface area contributed by atoms with Gasteiger partial charge < -0.3 is 9.84 Å². The van der Waals surface area contributed by atoms with E-state index in [1.165, 1.54) is 7.11 Å². The summed E-state index contributed by atoms with van der Waals surface area (Å²) in [7, 11) is 1.34. The number of rotatable bonds is 4. The second-order valence-corrected chi connectivity index (χ2v) is 5.50. The van der Waals surface area contributed by atoms with Crippen molar-refractivity contribution in [1.29, 1.82) is 0 Å². The topological polar surface area (TPSA) is 66.8 Å². The van der Waals surface area contributed by atoms with Gasteiger partial charge in [-0.25, -0.2) is 0 Å². The van der Waals surface area contributed by atoms with Crippen molar-refractivity contribution in [3.63, 3.8) is 0 Å². The minimum atomic E-state index is -0.895. The first kappa shape index (κ1) is 14.5. The van der Waals surface area contributed by atoms with Crippen molar-refractivity contribution < 1.29 is 19.4 Å². The maximum absolute atomic E-state index is 11.9. The summed E-state index contributed by atoms with van der Waals surface area (Å²) in [5, 5.41) is 9.35. The van der Waals surface area contributed by atoms with Crippen molar-refractivity contribution in [1.82, 2.24) is 4.90 Å². The predicted octanol–water partition coefficient (Wildman–Crippen LogP) is 1.52. The third kappa shape index (κ3) is 2.82. The number of likely N-dealkylation sites (tertiary alicyclic amines) is 1. The monoisotopic (exact) mass is 277 g/mol. The van der Waals surface area contributed by atoms with Crippen LogP contribution in [-0.2, 0) is 20.9 Å². The van der Waals surface area contributed by atoms with Gasteiger partial charge in [0.05, 0.1) is 12.5 Å². The summed E-state index contributed by atoms with van der Waals surface area (Å²) < 4.78 is 4.81. The molecule has 1 fully saturated rings. The maximum atomic E-state index is 11.9. The summed E-state index contributed by atoms with van der Waals surface area (Å²) in [4.78, 5) is 25.1. The van der Waals surface area contributed by atoms with Crippen LogP contribution in [0.4, 0.5) is 0 Å². The number of ether oxygens (including phenoxy) is 1. The van der Waals surface area contributed by atoms with Crippen molar-refractivity contribution in [3.8, 4) is 0 Å². The molecule has 1 aromatic rings. The standard InChI is InChI=1S/C15H19NO4/c1-15(14(19)20-2)8-12(13(17)18)16(10-15)9-11-6-4-3-5-7-11/h3-7,12H,8-10H2,1-2H3,(H,17,18).